The Bertz CT molecular complexity index is 763. The number of ketones is 1. The molecule has 0 fully saturated rings. The van der Waals surface area contributed by atoms with Gasteiger partial charge < -0.3 is 9.67 Å². The van der Waals surface area contributed by atoms with Crippen molar-refractivity contribution in [3.05, 3.63) is 53.9 Å². The molecule has 2 N–H and O–H groups in total. The highest BCUT2D eigenvalue weighted by atomic mass is 32.2. The maximum atomic E-state index is 12.2. The highest BCUT2D eigenvalue weighted by Crippen LogP contribution is 2.14. The Morgan fingerprint density at radius 1 is 1.27 bits per heavy atom. The fourth-order valence-electron chi connectivity index (χ4n) is 2.07. The molecule has 0 radical (unpaired) electrons. The number of sulfonamides is 1. The van der Waals surface area contributed by atoms with Crippen LogP contribution >= 0.6 is 0 Å². The van der Waals surface area contributed by atoms with Gasteiger partial charge in [-0.15, -0.1) is 0 Å². The first-order valence-electron chi connectivity index (χ1n) is 6.71. The number of Topliss-reactive ketones (excluding diaryl/α,β-unsaturated/α-hetero) is 1. The molecule has 1 aromatic heterocycles. The summed E-state index contributed by atoms with van der Waals surface area (Å²) in [4.78, 5) is 11.2. The summed E-state index contributed by atoms with van der Waals surface area (Å²) in [6.07, 6.45) is 0.833. The number of benzene rings is 1. The van der Waals surface area contributed by atoms with Crippen LogP contribution in [-0.2, 0) is 17.1 Å². The molecule has 1 heterocycles. The number of aromatic nitrogens is 1. The van der Waals surface area contributed by atoms with E-state index in [1.807, 2.05) is 0 Å². The van der Waals surface area contributed by atoms with Crippen LogP contribution in [0.1, 0.15) is 29.1 Å². The van der Waals surface area contributed by atoms with Crippen molar-refractivity contribution in [3.63, 3.8) is 0 Å². The first-order chi connectivity index (χ1) is 10.3. The lowest BCUT2D eigenvalue weighted by molar-refractivity contribution is 0.101. The lowest BCUT2D eigenvalue weighted by atomic mass is 10.2. The van der Waals surface area contributed by atoms with Gasteiger partial charge in [-0.1, -0.05) is 12.1 Å². The fourth-order valence-corrected chi connectivity index (χ4v) is 3.10. The molecular formula is C15H18N2O4S. The molecule has 7 heteroatoms. The van der Waals surface area contributed by atoms with Gasteiger partial charge in [0.25, 0.3) is 0 Å². The number of aliphatic hydroxyl groups is 1. The predicted molar refractivity (Wildman–Crippen MR) is 82.0 cm³/mol. The molecule has 22 heavy (non-hydrogen) atoms. The lowest BCUT2D eigenvalue weighted by Crippen LogP contribution is -2.29. The molecule has 0 aliphatic carbocycles. The van der Waals surface area contributed by atoms with E-state index < -0.39 is 16.1 Å². The number of aryl methyl sites for hydroxylation is 1. The van der Waals surface area contributed by atoms with E-state index in [1.165, 1.54) is 31.2 Å². The number of hydrogen-bond donors (Lipinski definition) is 2. The van der Waals surface area contributed by atoms with Crippen LogP contribution in [0.15, 0.2) is 47.5 Å². The number of carbonyl (C=O) groups excluding carboxylic acids is 1. The van der Waals surface area contributed by atoms with Crippen molar-refractivity contribution in [2.24, 2.45) is 7.05 Å². The Kier molecular flexibility index (Phi) is 4.80. The Morgan fingerprint density at radius 2 is 1.91 bits per heavy atom. The topological polar surface area (TPSA) is 88.4 Å². The predicted octanol–water partition coefficient (Wildman–Crippen LogP) is 1.24. The first-order valence-corrected chi connectivity index (χ1v) is 8.19. The van der Waals surface area contributed by atoms with E-state index in [-0.39, 0.29) is 17.2 Å². The maximum Gasteiger partial charge on any atom is 0.240 e. The van der Waals surface area contributed by atoms with Crippen molar-refractivity contribution in [1.29, 1.82) is 0 Å². The van der Waals surface area contributed by atoms with Crippen molar-refractivity contribution >= 4 is 15.8 Å². The zero-order valence-corrected chi connectivity index (χ0v) is 13.2. The zero-order valence-electron chi connectivity index (χ0n) is 12.4. The summed E-state index contributed by atoms with van der Waals surface area (Å²) in [5, 5.41) is 10.0. The van der Waals surface area contributed by atoms with E-state index in [0.29, 0.717) is 11.3 Å². The van der Waals surface area contributed by atoms with Gasteiger partial charge in [0.05, 0.1) is 4.90 Å². The molecule has 1 aromatic carbocycles. The SMILES string of the molecule is CC(=O)c1ccc(S(=O)(=O)NCC(O)c2cccn2C)cc1. The van der Waals surface area contributed by atoms with Crippen molar-refractivity contribution in [2.45, 2.75) is 17.9 Å². The third-order valence-electron chi connectivity index (χ3n) is 3.36. The third-order valence-corrected chi connectivity index (χ3v) is 4.80. The Labute approximate surface area is 129 Å². The van der Waals surface area contributed by atoms with Crippen LogP contribution in [0, 0.1) is 0 Å². The minimum absolute atomic E-state index is 0.0524. The number of nitrogens with zero attached hydrogens (tertiary/aromatic N) is 1. The fraction of sp³-hybridized carbons (Fsp3) is 0.267. The molecule has 0 spiro atoms. The molecule has 1 unspecified atom stereocenters. The number of nitrogens with one attached hydrogen (secondary N) is 1. The standard InChI is InChI=1S/C15H18N2O4S/c1-11(18)12-5-7-13(8-6-12)22(20,21)16-10-15(19)14-4-3-9-17(14)2/h3-9,15-16,19H,10H2,1-2H3. The molecule has 0 amide bonds. The summed E-state index contributed by atoms with van der Waals surface area (Å²) in [5.74, 6) is -0.129. The van der Waals surface area contributed by atoms with Gasteiger partial charge in [-0.25, -0.2) is 13.1 Å². The highest BCUT2D eigenvalue weighted by Gasteiger charge is 2.18. The van der Waals surface area contributed by atoms with Crippen molar-refractivity contribution in [1.82, 2.24) is 9.29 Å². The van der Waals surface area contributed by atoms with Crippen LogP contribution in [0.5, 0.6) is 0 Å². The van der Waals surface area contributed by atoms with Gasteiger partial charge in [0, 0.05) is 31.0 Å². The van der Waals surface area contributed by atoms with Gasteiger partial charge in [-0.2, -0.15) is 0 Å². The summed E-state index contributed by atoms with van der Waals surface area (Å²) in [5.41, 5.74) is 1.07. The van der Waals surface area contributed by atoms with E-state index >= 15 is 0 Å². The first kappa shape index (κ1) is 16.4. The van der Waals surface area contributed by atoms with Crippen LogP contribution in [0.4, 0.5) is 0 Å². The Hall–Kier alpha value is -1.96. The second-order valence-corrected chi connectivity index (χ2v) is 6.76. The quantitative estimate of drug-likeness (QED) is 0.783. The van der Waals surface area contributed by atoms with Crippen molar-refractivity contribution in [2.75, 3.05) is 6.54 Å². The average molecular weight is 322 g/mol. The minimum atomic E-state index is -3.73. The second kappa shape index (κ2) is 6.43. The van der Waals surface area contributed by atoms with Gasteiger partial charge in [0.1, 0.15) is 6.10 Å². The second-order valence-electron chi connectivity index (χ2n) is 4.99. The molecule has 0 saturated heterocycles. The maximum absolute atomic E-state index is 12.2. The van der Waals surface area contributed by atoms with Crippen LogP contribution in [0.25, 0.3) is 0 Å². The Morgan fingerprint density at radius 3 is 2.41 bits per heavy atom. The smallest absolute Gasteiger partial charge is 0.240 e. The van der Waals surface area contributed by atoms with Gasteiger partial charge in [-0.3, -0.25) is 4.79 Å². The molecule has 0 aliphatic heterocycles. The monoisotopic (exact) mass is 322 g/mol. The molecule has 6 nitrogen and oxygen atoms in total. The van der Waals surface area contributed by atoms with Gasteiger partial charge in [0.15, 0.2) is 5.78 Å². The molecule has 2 aromatic rings. The van der Waals surface area contributed by atoms with Gasteiger partial charge in [-0.05, 0) is 31.2 Å². The van der Waals surface area contributed by atoms with E-state index in [2.05, 4.69) is 4.72 Å². The molecule has 0 aliphatic rings. The van der Waals surface area contributed by atoms with Crippen LogP contribution in [-0.4, -0.2) is 30.4 Å². The molecular weight excluding hydrogens is 304 g/mol. The average Bonchev–Trinajstić information content (AvgIpc) is 2.91. The molecule has 0 saturated carbocycles. The van der Waals surface area contributed by atoms with Crippen LogP contribution in [0.2, 0.25) is 0 Å². The minimum Gasteiger partial charge on any atom is -0.386 e. The summed E-state index contributed by atoms with van der Waals surface area (Å²) in [7, 11) is -1.96. The van der Waals surface area contributed by atoms with E-state index in [4.69, 9.17) is 0 Å². The largest absolute Gasteiger partial charge is 0.386 e. The molecule has 0 bridgehead atoms. The third kappa shape index (κ3) is 3.62. The summed E-state index contributed by atoms with van der Waals surface area (Å²) in [6.45, 7) is 1.28. The number of rotatable bonds is 6. The van der Waals surface area contributed by atoms with Crippen molar-refractivity contribution < 1.29 is 18.3 Å². The zero-order chi connectivity index (χ0) is 16.3. The number of carbonyl (C=O) groups is 1. The molecule has 1 atom stereocenters. The van der Waals surface area contributed by atoms with E-state index in [9.17, 15) is 18.3 Å². The van der Waals surface area contributed by atoms with Crippen molar-refractivity contribution in [3.8, 4) is 0 Å². The lowest BCUT2D eigenvalue weighted by Gasteiger charge is -2.13. The van der Waals surface area contributed by atoms with Gasteiger partial charge >= 0.3 is 0 Å². The Balaban J connectivity index is 2.08. The summed E-state index contributed by atoms with van der Waals surface area (Å²) >= 11 is 0. The van der Waals surface area contributed by atoms with E-state index in [1.54, 1.807) is 29.9 Å². The number of hydrogen-bond acceptors (Lipinski definition) is 4. The summed E-state index contributed by atoms with van der Waals surface area (Å²) in [6, 6.07) is 9.16. The highest BCUT2D eigenvalue weighted by molar-refractivity contribution is 7.89. The molecule has 118 valence electrons. The van der Waals surface area contributed by atoms with Crippen LogP contribution in [0.3, 0.4) is 0 Å². The normalized spacial score (nSPS) is 13.0. The number of aliphatic hydroxyl groups excluding tert-OH is 1. The molecule has 2 rings (SSSR count). The van der Waals surface area contributed by atoms with Gasteiger partial charge in [0.2, 0.25) is 10.0 Å². The van der Waals surface area contributed by atoms with E-state index in [0.717, 1.165) is 0 Å². The summed E-state index contributed by atoms with van der Waals surface area (Å²) < 4.78 is 28.4. The van der Waals surface area contributed by atoms with Crippen LogP contribution < -0.4 is 4.72 Å².